The van der Waals surface area contributed by atoms with E-state index in [2.05, 4.69) is 5.32 Å². The molecule has 1 heterocycles. The summed E-state index contributed by atoms with van der Waals surface area (Å²) < 4.78 is 1.97. The molecule has 2 amide bonds. The lowest BCUT2D eigenvalue weighted by Crippen LogP contribution is -2.57. The molecule has 1 atom stereocenters. The van der Waals surface area contributed by atoms with Crippen LogP contribution in [0.25, 0.3) is 10.9 Å². The molecule has 0 radical (unpaired) electrons. The van der Waals surface area contributed by atoms with Gasteiger partial charge in [0, 0.05) is 44.5 Å². The highest BCUT2D eigenvalue weighted by atomic mass is 16.4. The number of benzene rings is 1. The standard InChI is InChI=1S/C19H25N3O4/c1-12(23)22(5)16(17(24)20-19(2,3)18(25)26)10-13-11-21(4)15-9-7-6-8-14(13)15/h6-9,11,16H,10H2,1-5H3,(H,20,24)(H,25,26). The SMILES string of the molecule is CC(=O)N(C)C(Cc1cn(C)c2ccccc12)C(=O)NC(C)(C)C(=O)O. The number of fused-ring (bicyclic) bond motifs is 1. The molecule has 0 aliphatic heterocycles. The van der Waals surface area contributed by atoms with E-state index in [0.29, 0.717) is 6.42 Å². The minimum absolute atomic E-state index is 0.265. The number of carbonyl (C=O) groups excluding carboxylic acids is 2. The highest BCUT2D eigenvalue weighted by molar-refractivity contribution is 5.92. The fourth-order valence-corrected chi connectivity index (χ4v) is 2.87. The van der Waals surface area contributed by atoms with Gasteiger partial charge in [-0.25, -0.2) is 4.79 Å². The summed E-state index contributed by atoms with van der Waals surface area (Å²) in [5.74, 6) is -1.90. The number of hydrogen-bond acceptors (Lipinski definition) is 3. The lowest BCUT2D eigenvalue weighted by Gasteiger charge is -2.30. The van der Waals surface area contributed by atoms with Gasteiger partial charge in [-0.1, -0.05) is 18.2 Å². The van der Waals surface area contributed by atoms with Crippen LogP contribution in [0, 0.1) is 0 Å². The van der Waals surface area contributed by atoms with Crippen LogP contribution in [-0.4, -0.2) is 51.0 Å². The number of hydrogen-bond donors (Lipinski definition) is 2. The molecule has 140 valence electrons. The Hall–Kier alpha value is -2.83. The fourth-order valence-electron chi connectivity index (χ4n) is 2.87. The number of carbonyl (C=O) groups is 3. The first-order chi connectivity index (χ1) is 12.0. The summed E-state index contributed by atoms with van der Waals surface area (Å²) in [4.78, 5) is 37.3. The second kappa shape index (κ2) is 7.19. The van der Waals surface area contributed by atoms with Crippen molar-refractivity contribution in [1.29, 1.82) is 0 Å². The largest absolute Gasteiger partial charge is 0.480 e. The molecule has 1 aromatic heterocycles. The Morgan fingerprint density at radius 1 is 1.27 bits per heavy atom. The summed E-state index contributed by atoms with van der Waals surface area (Å²) >= 11 is 0. The van der Waals surface area contributed by atoms with Gasteiger partial charge in [0.1, 0.15) is 11.6 Å². The molecule has 0 aliphatic rings. The Kier molecular flexibility index (Phi) is 5.39. The van der Waals surface area contributed by atoms with Crippen molar-refractivity contribution in [2.24, 2.45) is 7.05 Å². The molecule has 2 aromatic rings. The van der Waals surface area contributed by atoms with Crippen LogP contribution in [0.2, 0.25) is 0 Å². The van der Waals surface area contributed by atoms with Gasteiger partial charge in [-0.15, -0.1) is 0 Å². The molecule has 26 heavy (non-hydrogen) atoms. The molecule has 0 fully saturated rings. The van der Waals surface area contributed by atoms with E-state index in [9.17, 15) is 19.5 Å². The molecule has 0 bridgehead atoms. The zero-order chi connectivity index (χ0) is 19.6. The number of amides is 2. The Morgan fingerprint density at radius 3 is 2.46 bits per heavy atom. The number of carboxylic acids is 1. The zero-order valence-corrected chi connectivity index (χ0v) is 15.7. The van der Waals surface area contributed by atoms with E-state index in [4.69, 9.17) is 0 Å². The minimum Gasteiger partial charge on any atom is -0.480 e. The smallest absolute Gasteiger partial charge is 0.328 e. The van der Waals surface area contributed by atoms with Crippen molar-refractivity contribution in [2.75, 3.05) is 7.05 Å². The van der Waals surface area contributed by atoms with E-state index in [1.54, 1.807) is 7.05 Å². The maximum atomic E-state index is 12.8. The van der Waals surface area contributed by atoms with Crippen LogP contribution in [0.15, 0.2) is 30.5 Å². The first-order valence-electron chi connectivity index (χ1n) is 8.36. The summed E-state index contributed by atoms with van der Waals surface area (Å²) in [5, 5.41) is 12.8. The molecular weight excluding hydrogens is 334 g/mol. The van der Waals surface area contributed by atoms with E-state index in [1.807, 2.05) is 42.1 Å². The lowest BCUT2D eigenvalue weighted by atomic mass is 10.0. The number of aromatic nitrogens is 1. The van der Waals surface area contributed by atoms with Gasteiger partial charge in [-0.3, -0.25) is 9.59 Å². The zero-order valence-electron chi connectivity index (χ0n) is 15.7. The molecule has 0 saturated heterocycles. The van der Waals surface area contributed by atoms with Gasteiger partial charge in [-0.05, 0) is 25.5 Å². The molecule has 0 aliphatic carbocycles. The molecule has 7 heteroatoms. The van der Waals surface area contributed by atoms with E-state index in [-0.39, 0.29) is 5.91 Å². The normalized spacial score (nSPS) is 12.7. The van der Waals surface area contributed by atoms with Crippen LogP contribution >= 0.6 is 0 Å². The summed E-state index contributed by atoms with van der Waals surface area (Å²) in [5.41, 5.74) is 0.522. The molecule has 2 rings (SSSR count). The number of carboxylic acid groups (broad SMARTS) is 1. The van der Waals surface area contributed by atoms with E-state index in [0.717, 1.165) is 16.5 Å². The molecule has 1 unspecified atom stereocenters. The number of aliphatic carboxylic acids is 1. The van der Waals surface area contributed by atoms with Gasteiger partial charge in [0.05, 0.1) is 0 Å². The van der Waals surface area contributed by atoms with Crippen molar-refractivity contribution in [2.45, 2.75) is 38.8 Å². The Morgan fingerprint density at radius 2 is 1.88 bits per heavy atom. The van der Waals surface area contributed by atoms with E-state index < -0.39 is 23.5 Å². The molecule has 0 saturated carbocycles. The number of nitrogens with one attached hydrogen (secondary N) is 1. The van der Waals surface area contributed by atoms with Crippen molar-refractivity contribution in [3.8, 4) is 0 Å². The van der Waals surface area contributed by atoms with Crippen molar-refractivity contribution in [3.05, 3.63) is 36.0 Å². The van der Waals surface area contributed by atoms with Crippen molar-refractivity contribution < 1.29 is 19.5 Å². The summed E-state index contributed by atoms with van der Waals surface area (Å²) in [6.07, 6.45) is 2.22. The highest BCUT2D eigenvalue weighted by Gasteiger charge is 2.34. The molecule has 1 aromatic carbocycles. The first-order valence-corrected chi connectivity index (χ1v) is 8.36. The van der Waals surface area contributed by atoms with Gasteiger partial charge in [-0.2, -0.15) is 0 Å². The Balaban J connectivity index is 2.37. The third-order valence-electron chi connectivity index (χ3n) is 4.63. The average Bonchev–Trinajstić information content (AvgIpc) is 2.87. The second-order valence-corrected chi connectivity index (χ2v) is 7.05. The van der Waals surface area contributed by atoms with Gasteiger partial charge >= 0.3 is 5.97 Å². The lowest BCUT2D eigenvalue weighted by molar-refractivity contribution is -0.147. The number of rotatable bonds is 6. The van der Waals surface area contributed by atoms with Gasteiger partial charge in [0.15, 0.2) is 0 Å². The van der Waals surface area contributed by atoms with Crippen molar-refractivity contribution in [1.82, 2.24) is 14.8 Å². The fraction of sp³-hybridized carbons (Fsp3) is 0.421. The average molecular weight is 359 g/mol. The molecule has 2 N–H and O–H groups in total. The maximum absolute atomic E-state index is 12.8. The van der Waals surface area contributed by atoms with Crippen LogP contribution in [-0.2, 0) is 27.9 Å². The van der Waals surface area contributed by atoms with Crippen molar-refractivity contribution in [3.63, 3.8) is 0 Å². The van der Waals surface area contributed by atoms with Crippen LogP contribution in [0.5, 0.6) is 0 Å². The summed E-state index contributed by atoms with van der Waals surface area (Å²) in [6, 6.07) is 7.00. The predicted molar refractivity (Wildman–Crippen MR) is 98.7 cm³/mol. The monoisotopic (exact) mass is 359 g/mol. The number of likely N-dealkylation sites (N-methyl/N-ethyl adjacent to an activating group) is 1. The van der Waals surface area contributed by atoms with Gasteiger partial charge in [0.2, 0.25) is 11.8 Å². The topological polar surface area (TPSA) is 91.6 Å². The van der Waals surface area contributed by atoms with Crippen LogP contribution in [0.3, 0.4) is 0 Å². The quantitative estimate of drug-likeness (QED) is 0.818. The second-order valence-electron chi connectivity index (χ2n) is 7.05. The van der Waals surface area contributed by atoms with Gasteiger partial charge < -0.3 is 19.9 Å². The maximum Gasteiger partial charge on any atom is 0.328 e. The molecule has 7 nitrogen and oxygen atoms in total. The van der Waals surface area contributed by atoms with Crippen LogP contribution < -0.4 is 5.32 Å². The third-order valence-corrected chi connectivity index (χ3v) is 4.63. The Labute approximate surface area is 152 Å². The van der Waals surface area contributed by atoms with Crippen LogP contribution in [0.4, 0.5) is 0 Å². The predicted octanol–water partition coefficient (Wildman–Crippen LogP) is 1.55. The first kappa shape index (κ1) is 19.5. The van der Waals surface area contributed by atoms with Gasteiger partial charge in [0.25, 0.3) is 0 Å². The summed E-state index contributed by atoms with van der Waals surface area (Å²) in [6.45, 7) is 4.21. The third kappa shape index (κ3) is 3.87. The number of nitrogens with zero attached hydrogens (tertiary/aromatic N) is 2. The number of para-hydroxylation sites is 1. The van der Waals surface area contributed by atoms with Crippen LogP contribution in [0.1, 0.15) is 26.3 Å². The summed E-state index contributed by atoms with van der Waals surface area (Å²) in [7, 11) is 3.47. The van der Waals surface area contributed by atoms with E-state index in [1.165, 1.54) is 25.7 Å². The minimum atomic E-state index is -1.42. The molecular formula is C19H25N3O4. The highest BCUT2D eigenvalue weighted by Crippen LogP contribution is 2.23. The Bertz CT molecular complexity index is 854. The molecule has 0 spiro atoms. The van der Waals surface area contributed by atoms with Crippen molar-refractivity contribution >= 4 is 28.7 Å². The van der Waals surface area contributed by atoms with E-state index >= 15 is 0 Å². The number of aryl methyl sites for hydroxylation is 1.